The third kappa shape index (κ3) is 5.10. The molecule has 210 valence electrons. The van der Waals surface area contributed by atoms with Crippen LogP contribution in [0.25, 0.3) is 0 Å². The van der Waals surface area contributed by atoms with E-state index in [1.807, 2.05) is 53.4 Å². The number of ether oxygens (including phenoxy) is 3. The Kier molecular flexibility index (Phi) is 8.03. The molecule has 2 fully saturated rings. The van der Waals surface area contributed by atoms with E-state index < -0.39 is 0 Å². The van der Waals surface area contributed by atoms with Gasteiger partial charge in [0.15, 0.2) is 11.5 Å². The Labute approximate surface area is 244 Å². The van der Waals surface area contributed by atoms with E-state index in [1.165, 1.54) is 24.0 Å². The van der Waals surface area contributed by atoms with Gasteiger partial charge < -0.3 is 24.8 Å². The normalized spacial score (nSPS) is 23.1. The number of likely N-dealkylation sites (tertiary alicyclic amines) is 1. The van der Waals surface area contributed by atoms with Gasteiger partial charge in [-0.15, -0.1) is 0 Å². The van der Waals surface area contributed by atoms with Crippen molar-refractivity contribution in [3.8, 4) is 11.5 Å². The summed E-state index contributed by atoms with van der Waals surface area (Å²) in [5.41, 5.74) is 10.5. The van der Waals surface area contributed by atoms with Gasteiger partial charge in [0.2, 0.25) is 0 Å². The first-order valence-electron chi connectivity index (χ1n) is 14.4. The van der Waals surface area contributed by atoms with Crippen molar-refractivity contribution in [3.05, 3.63) is 93.5 Å². The van der Waals surface area contributed by atoms with E-state index in [2.05, 4.69) is 34.1 Å². The standard InChI is InChI=1S/C33H37BrN2O4/c34-30-25-19-28-26-13-7-8-14-33(26,15-17-36(28)32(37)40-22-24-11-5-2-6-12-24)27(25)20-29(31(30)38-18-16-35)39-21-23-9-3-1-4-10-23/h1-6,9-12,20,26,28H,7-8,13-19,21-22,35H2/t26-,28+,33+/m1/s1. The van der Waals surface area contributed by atoms with Crippen molar-refractivity contribution >= 4 is 22.0 Å². The Morgan fingerprint density at radius 3 is 2.42 bits per heavy atom. The second kappa shape index (κ2) is 11.8. The molecule has 6 rings (SSSR count). The van der Waals surface area contributed by atoms with Crippen LogP contribution in [0.5, 0.6) is 11.5 Å². The third-order valence-corrected chi connectivity index (χ3v) is 9.88. The van der Waals surface area contributed by atoms with E-state index >= 15 is 0 Å². The molecular weight excluding hydrogens is 568 g/mol. The van der Waals surface area contributed by atoms with Gasteiger partial charge in [0.25, 0.3) is 0 Å². The molecule has 1 heterocycles. The van der Waals surface area contributed by atoms with Gasteiger partial charge in [-0.1, -0.05) is 73.5 Å². The molecule has 2 aliphatic carbocycles. The summed E-state index contributed by atoms with van der Waals surface area (Å²) in [6.45, 7) is 2.27. The fraction of sp³-hybridized carbons (Fsp3) is 0.424. The van der Waals surface area contributed by atoms with Crippen LogP contribution in [0.1, 0.15) is 54.4 Å². The van der Waals surface area contributed by atoms with Crippen molar-refractivity contribution in [2.75, 3.05) is 19.7 Å². The summed E-state index contributed by atoms with van der Waals surface area (Å²) in [6, 6.07) is 22.4. The van der Waals surface area contributed by atoms with Crippen LogP contribution in [0.3, 0.4) is 0 Å². The van der Waals surface area contributed by atoms with Crippen LogP contribution in [0, 0.1) is 5.92 Å². The van der Waals surface area contributed by atoms with Crippen LogP contribution in [0.15, 0.2) is 71.2 Å². The highest BCUT2D eigenvalue weighted by Gasteiger charge is 2.56. The third-order valence-electron chi connectivity index (χ3n) is 9.04. The molecule has 0 aromatic heterocycles. The first-order valence-corrected chi connectivity index (χ1v) is 15.2. The second-order valence-corrected chi connectivity index (χ2v) is 12.0. The van der Waals surface area contributed by atoms with Crippen molar-refractivity contribution in [2.24, 2.45) is 11.7 Å². The Morgan fingerprint density at radius 1 is 0.975 bits per heavy atom. The van der Waals surface area contributed by atoms with Crippen molar-refractivity contribution in [2.45, 2.75) is 63.2 Å². The highest BCUT2D eigenvalue weighted by Crippen LogP contribution is 2.59. The topological polar surface area (TPSA) is 74.0 Å². The monoisotopic (exact) mass is 604 g/mol. The quantitative estimate of drug-likeness (QED) is 0.307. The molecule has 6 nitrogen and oxygen atoms in total. The predicted molar refractivity (Wildman–Crippen MR) is 159 cm³/mol. The van der Waals surface area contributed by atoms with Crippen LogP contribution >= 0.6 is 15.9 Å². The number of nitrogens with two attached hydrogens (primary N) is 1. The summed E-state index contributed by atoms with van der Waals surface area (Å²) in [5, 5.41) is 0. The molecule has 0 radical (unpaired) electrons. The van der Waals surface area contributed by atoms with Crippen molar-refractivity contribution < 1.29 is 19.0 Å². The van der Waals surface area contributed by atoms with E-state index in [0.717, 1.165) is 47.0 Å². The summed E-state index contributed by atoms with van der Waals surface area (Å²) in [4.78, 5) is 15.5. The van der Waals surface area contributed by atoms with Gasteiger partial charge in [-0.3, -0.25) is 0 Å². The summed E-state index contributed by atoms with van der Waals surface area (Å²) < 4.78 is 19.4. The number of halogens is 1. The molecule has 1 amide bonds. The van der Waals surface area contributed by atoms with Crippen molar-refractivity contribution in [3.63, 3.8) is 0 Å². The maximum atomic E-state index is 13.5. The predicted octanol–water partition coefficient (Wildman–Crippen LogP) is 6.76. The van der Waals surface area contributed by atoms with E-state index in [0.29, 0.717) is 38.0 Å². The van der Waals surface area contributed by atoms with Crippen LogP contribution < -0.4 is 15.2 Å². The number of amides is 1. The van der Waals surface area contributed by atoms with E-state index in [1.54, 1.807) is 0 Å². The minimum atomic E-state index is -0.213. The number of hydrogen-bond acceptors (Lipinski definition) is 5. The van der Waals surface area contributed by atoms with E-state index in [9.17, 15) is 4.79 Å². The van der Waals surface area contributed by atoms with Gasteiger partial charge in [0.05, 0.1) is 4.47 Å². The zero-order valence-corrected chi connectivity index (χ0v) is 24.4. The van der Waals surface area contributed by atoms with Gasteiger partial charge in [-0.25, -0.2) is 4.79 Å². The van der Waals surface area contributed by atoms with Crippen LogP contribution in [-0.2, 0) is 29.8 Å². The van der Waals surface area contributed by atoms with E-state index in [-0.39, 0.29) is 24.2 Å². The molecule has 2 bridgehead atoms. The molecule has 0 spiro atoms. The molecule has 3 aromatic rings. The Bertz CT molecular complexity index is 1340. The fourth-order valence-corrected chi connectivity index (χ4v) is 7.91. The maximum Gasteiger partial charge on any atom is 0.410 e. The second-order valence-electron chi connectivity index (χ2n) is 11.2. The molecule has 7 heteroatoms. The lowest BCUT2D eigenvalue weighted by Crippen LogP contribution is -2.62. The Morgan fingerprint density at radius 2 is 1.70 bits per heavy atom. The first-order chi connectivity index (χ1) is 19.6. The molecule has 1 aliphatic heterocycles. The van der Waals surface area contributed by atoms with Crippen LogP contribution in [0.4, 0.5) is 4.79 Å². The molecule has 2 N–H and O–H groups in total. The number of hydrogen-bond donors (Lipinski definition) is 1. The molecule has 0 unspecified atom stereocenters. The number of carbonyl (C=O) groups excluding carboxylic acids is 1. The lowest BCUT2D eigenvalue weighted by atomic mass is 9.52. The number of rotatable bonds is 8. The average molecular weight is 606 g/mol. The summed E-state index contributed by atoms with van der Waals surface area (Å²) in [7, 11) is 0. The largest absolute Gasteiger partial charge is 0.487 e. The van der Waals surface area contributed by atoms with Gasteiger partial charge in [-0.05, 0) is 75.9 Å². The lowest BCUT2D eigenvalue weighted by Gasteiger charge is -2.58. The number of carbonyl (C=O) groups is 1. The lowest BCUT2D eigenvalue weighted by molar-refractivity contribution is -0.0139. The van der Waals surface area contributed by atoms with Crippen molar-refractivity contribution in [1.82, 2.24) is 4.90 Å². The highest BCUT2D eigenvalue weighted by atomic mass is 79.9. The summed E-state index contributed by atoms with van der Waals surface area (Å²) in [5.74, 6) is 1.85. The fourth-order valence-electron chi connectivity index (χ4n) is 7.23. The summed E-state index contributed by atoms with van der Waals surface area (Å²) >= 11 is 3.93. The molecule has 40 heavy (non-hydrogen) atoms. The summed E-state index contributed by atoms with van der Waals surface area (Å²) in [6.07, 6.45) is 6.12. The molecule has 1 saturated carbocycles. The molecule has 3 aliphatic rings. The minimum absolute atomic E-state index is 0.0203. The zero-order chi connectivity index (χ0) is 27.5. The van der Waals surface area contributed by atoms with Gasteiger partial charge in [0.1, 0.15) is 19.8 Å². The maximum absolute atomic E-state index is 13.5. The molecule has 3 aromatic carbocycles. The average Bonchev–Trinajstić information content (AvgIpc) is 3.00. The van der Waals surface area contributed by atoms with Gasteiger partial charge in [0, 0.05) is 24.5 Å². The molecule has 1 saturated heterocycles. The number of nitrogens with zero attached hydrogens (tertiary/aromatic N) is 1. The Hall–Kier alpha value is -3.03. The molecular formula is C33H37BrN2O4. The van der Waals surface area contributed by atoms with E-state index in [4.69, 9.17) is 19.9 Å². The van der Waals surface area contributed by atoms with Gasteiger partial charge in [-0.2, -0.15) is 0 Å². The smallest absolute Gasteiger partial charge is 0.410 e. The number of benzene rings is 3. The highest BCUT2D eigenvalue weighted by molar-refractivity contribution is 9.10. The molecule has 3 atom stereocenters. The van der Waals surface area contributed by atoms with Crippen LogP contribution in [0.2, 0.25) is 0 Å². The number of fused-ring (bicyclic) bond motifs is 1. The van der Waals surface area contributed by atoms with Gasteiger partial charge >= 0.3 is 6.09 Å². The first kappa shape index (κ1) is 27.2. The van der Waals surface area contributed by atoms with Crippen LogP contribution in [-0.4, -0.2) is 36.7 Å². The Balaban J connectivity index is 1.33. The zero-order valence-electron chi connectivity index (χ0n) is 22.8. The van der Waals surface area contributed by atoms with Crippen molar-refractivity contribution in [1.29, 1.82) is 0 Å². The number of piperidine rings is 1. The minimum Gasteiger partial charge on any atom is -0.487 e. The SMILES string of the molecule is NCCOc1c(OCc2ccccc2)cc2c(c1Br)C[C@H]1[C@H]3CCCC[C@@]23CCN1C(=O)OCc1ccccc1.